The van der Waals surface area contributed by atoms with Crippen molar-refractivity contribution in [3.8, 4) is 0 Å². The summed E-state index contributed by atoms with van der Waals surface area (Å²) in [4.78, 5) is 4.51. The zero-order chi connectivity index (χ0) is 19.5. The van der Waals surface area contributed by atoms with Gasteiger partial charge in [-0.25, -0.2) is 4.99 Å². The van der Waals surface area contributed by atoms with Crippen LogP contribution in [0.5, 0.6) is 0 Å². The maximum atomic E-state index is 10.6. The molecular formula is C19H36IN5O3. The molecule has 0 aromatic carbocycles. The number of hydrogen-bond acceptors (Lipinski definition) is 5. The molecule has 2 rings (SSSR count). The van der Waals surface area contributed by atoms with Gasteiger partial charge in [-0.2, -0.15) is 5.10 Å². The Morgan fingerprint density at radius 2 is 2.18 bits per heavy atom. The van der Waals surface area contributed by atoms with E-state index in [9.17, 15) is 5.11 Å². The lowest BCUT2D eigenvalue weighted by molar-refractivity contribution is 0.0203. The minimum Gasteiger partial charge on any atom is -0.383 e. The van der Waals surface area contributed by atoms with Crippen LogP contribution >= 0.6 is 24.0 Å². The third-order valence-electron chi connectivity index (χ3n) is 4.67. The van der Waals surface area contributed by atoms with E-state index in [1.165, 1.54) is 0 Å². The van der Waals surface area contributed by atoms with Crippen LogP contribution in [-0.2, 0) is 22.1 Å². The van der Waals surface area contributed by atoms with Crippen molar-refractivity contribution in [3.05, 3.63) is 18.0 Å². The zero-order valence-corrected chi connectivity index (χ0v) is 19.6. The van der Waals surface area contributed by atoms with E-state index in [0.717, 1.165) is 64.3 Å². The molecule has 0 radical (unpaired) electrons. The molecular weight excluding hydrogens is 473 g/mol. The number of guanidine groups is 1. The monoisotopic (exact) mass is 509 g/mol. The van der Waals surface area contributed by atoms with E-state index in [2.05, 4.69) is 20.7 Å². The van der Waals surface area contributed by atoms with E-state index < -0.39 is 5.60 Å². The van der Waals surface area contributed by atoms with Crippen molar-refractivity contribution in [1.29, 1.82) is 0 Å². The Kier molecular flexibility index (Phi) is 12.0. The largest absolute Gasteiger partial charge is 0.383 e. The molecule has 1 aromatic rings. The molecule has 1 aliphatic rings. The number of aryl methyl sites for hydroxylation is 1. The van der Waals surface area contributed by atoms with Gasteiger partial charge in [-0.1, -0.05) is 0 Å². The van der Waals surface area contributed by atoms with Crippen LogP contribution in [0, 0.1) is 5.92 Å². The van der Waals surface area contributed by atoms with E-state index in [1.54, 1.807) is 17.8 Å². The summed E-state index contributed by atoms with van der Waals surface area (Å²) in [5, 5.41) is 21.3. The summed E-state index contributed by atoms with van der Waals surface area (Å²) in [5.41, 5.74) is -0.296. The van der Waals surface area contributed by atoms with Crippen molar-refractivity contribution in [2.45, 2.75) is 38.7 Å². The SMILES string of the molecule is CCNC(=NCC(C)(O)c1cnn(C)c1)NCCCOCC1CCOCC1.I. The Bertz CT molecular complexity index is 574. The number of rotatable bonds is 10. The van der Waals surface area contributed by atoms with Crippen LogP contribution in [0.2, 0.25) is 0 Å². The van der Waals surface area contributed by atoms with Gasteiger partial charge < -0.3 is 25.2 Å². The molecule has 1 aromatic heterocycles. The van der Waals surface area contributed by atoms with Crippen molar-refractivity contribution >= 4 is 29.9 Å². The molecule has 1 atom stereocenters. The van der Waals surface area contributed by atoms with Crippen LogP contribution in [0.4, 0.5) is 0 Å². The smallest absolute Gasteiger partial charge is 0.191 e. The summed E-state index contributed by atoms with van der Waals surface area (Å²) in [6.07, 6.45) is 6.60. The predicted molar refractivity (Wildman–Crippen MR) is 121 cm³/mol. The number of aliphatic imine (C=N–C) groups is 1. The number of aliphatic hydroxyl groups is 1. The van der Waals surface area contributed by atoms with Gasteiger partial charge in [-0.3, -0.25) is 4.68 Å². The topological polar surface area (TPSA) is 92.9 Å². The van der Waals surface area contributed by atoms with Crippen molar-refractivity contribution in [1.82, 2.24) is 20.4 Å². The molecule has 0 amide bonds. The van der Waals surface area contributed by atoms with Crippen LogP contribution in [-0.4, -0.2) is 66.9 Å². The van der Waals surface area contributed by atoms with Gasteiger partial charge in [0.1, 0.15) is 5.60 Å². The first-order valence-corrected chi connectivity index (χ1v) is 9.90. The number of nitrogens with one attached hydrogen (secondary N) is 2. The highest BCUT2D eigenvalue weighted by atomic mass is 127. The quantitative estimate of drug-likeness (QED) is 0.192. The lowest BCUT2D eigenvalue weighted by Gasteiger charge is -2.22. The first-order chi connectivity index (χ1) is 13.0. The second-order valence-electron chi connectivity index (χ2n) is 7.28. The average molecular weight is 509 g/mol. The van der Waals surface area contributed by atoms with Gasteiger partial charge in [-0.15, -0.1) is 24.0 Å². The molecule has 162 valence electrons. The minimum atomic E-state index is -1.05. The van der Waals surface area contributed by atoms with E-state index in [-0.39, 0.29) is 30.5 Å². The molecule has 1 unspecified atom stereocenters. The van der Waals surface area contributed by atoms with Crippen LogP contribution < -0.4 is 10.6 Å². The van der Waals surface area contributed by atoms with Gasteiger partial charge in [0, 0.05) is 58.3 Å². The maximum Gasteiger partial charge on any atom is 0.191 e. The summed E-state index contributed by atoms with van der Waals surface area (Å²) in [7, 11) is 1.83. The first kappa shape index (κ1) is 25.1. The first-order valence-electron chi connectivity index (χ1n) is 9.90. The summed E-state index contributed by atoms with van der Waals surface area (Å²) in [6, 6.07) is 0. The average Bonchev–Trinajstić information content (AvgIpc) is 3.11. The molecule has 0 saturated carbocycles. The summed E-state index contributed by atoms with van der Waals surface area (Å²) < 4.78 is 12.8. The molecule has 0 spiro atoms. The van der Waals surface area contributed by atoms with Gasteiger partial charge >= 0.3 is 0 Å². The van der Waals surface area contributed by atoms with E-state index in [1.807, 2.05) is 20.2 Å². The van der Waals surface area contributed by atoms with Gasteiger partial charge in [0.25, 0.3) is 0 Å². The molecule has 8 nitrogen and oxygen atoms in total. The number of nitrogens with zero attached hydrogens (tertiary/aromatic N) is 3. The maximum absolute atomic E-state index is 10.6. The third-order valence-corrected chi connectivity index (χ3v) is 4.67. The molecule has 2 heterocycles. The van der Waals surface area contributed by atoms with Gasteiger partial charge in [-0.05, 0) is 39.0 Å². The Labute approximate surface area is 185 Å². The Balaban J connectivity index is 0.00000392. The van der Waals surface area contributed by atoms with Crippen molar-refractivity contribution < 1.29 is 14.6 Å². The normalized spacial score (nSPS) is 17.6. The highest BCUT2D eigenvalue weighted by Gasteiger charge is 2.24. The highest BCUT2D eigenvalue weighted by molar-refractivity contribution is 14.0. The summed E-state index contributed by atoms with van der Waals surface area (Å²) in [6.45, 7) is 8.85. The number of halogens is 1. The summed E-state index contributed by atoms with van der Waals surface area (Å²) in [5.74, 6) is 1.34. The van der Waals surface area contributed by atoms with E-state index in [0.29, 0.717) is 11.9 Å². The fourth-order valence-corrected chi connectivity index (χ4v) is 2.91. The lowest BCUT2D eigenvalue weighted by Crippen LogP contribution is -2.39. The van der Waals surface area contributed by atoms with Gasteiger partial charge in [0.2, 0.25) is 0 Å². The standard InChI is InChI=1S/C19H35N5O3.HI/c1-4-20-18(22-15-19(2,25)17-12-23-24(3)13-17)21-8-5-9-27-14-16-6-10-26-11-7-16;/h12-13,16,25H,4-11,14-15H2,1-3H3,(H2,20,21,22);1H. The molecule has 1 fully saturated rings. The Hall–Kier alpha value is -0.910. The lowest BCUT2D eigenvalue weighted by atomic mass is 10.0. The van der Waals surface area contributed by atoms with Crippen LogP contribution in [0.15, 0.2) is 17.4 Å². The Morgan fingerprint density at radius 3 is 2.82 bits per heavy atom. The zero-order valence-electron chi connectivity index (χ0n) is 17.3. The predicted octanol–water partition coefficient (Wildman–Crippen LogP) is 1.63. The second kappa shape index (κ2) is 13.3. The van der Waals surface area contributed by atoms with Crippen LogP contribution in [0.1, 0.15) is 38.7 Å². The molecule has 1 saturated heterocycles. The fraction of sp³-hybridized carbons (Fsp3) is 0.789. The molecule has 28 heavy (non-hydrogen) atoms. The highest BCUT2D eigenvalue weighted by Crippen LogP contribution is 2.19. The number of aromatic nitrogens is 2. The minimum absolute atomic E-state index is 0. The van der Waals surface area contributed by atoms with Crippen molar-refractivity contribution in [3.63, 3.8) is 0 Å². The van der Waals surface area contributed by atoms with Crippen molar-refractivity contribution in [2.75, 3.05) is 46.1 Å². The number of ether oxygens (including phenoxy) is 2. The number of hydrogen-bond donors (Lipinski definition) is 3. The van der Waals surface area contributed by atoms with Gasteiger partial charge in [0.05, 0.1) is 12.7 Å². The van der Waals surface area contributed by atoms with Crippen LogP contribution in [0.3, 0.4) is 0 Å². The molecule has 0 bridgehead atoms. The van der Waals surface area contributed by atoms with Crippen LogP contribution in [0.25, 0.3) is 0 Å². The molecule has 1 aliphatic heterocycles. The van der Waals surface area contributed by atoms with E-state index in [4.69, 9.17) is 9.47 Å². The second-order valence-corrected chi connectivity index (χ2v) is 7.28. The Morgan fingerprint density at radius 1 is 1.43 bits per heavy atom. The van der Waals surface area contributed by atoms with Crippen molar-refractivity contribution in [2.24, 2.45) is 18.0 Å². The fourth-order valence-electron chi connectivity index (χ4n) is 2.91. The molecule has 3 N–H and O–H groups in total. The molecule has 9 heteroatoms. The third kappa shape index (κ3) is 9.06. The van der Waals surface area contributed by atoms with Gasteiger partial charge in [0.15, 0.2) is 5.96 Å². The summed E-state index contributed by atoms with van der Waals surface area (Å²) >= 11 is 0. The van der Waals surface area contributed by atoms with E-state index >= 15 is 0 Å². The molecule has 0 aliphatic carbocycles.